The number of carbonyl (C=O) groups excluding carboxylic acids is 2. The molecule has 1 aliphatic heterocycles. The van der Waals surface area contributed by atoms with E-state index in [0.29, 0.717) is 0 Å². The number of nitrogens with zero attached hydrogens (tertiary/aromatic N) is 1. The molecule has 98 valence electrons. The van der Waals surface area contributed by atoms with Gasteiger partial charge in [-0.2, -0.15) is 0 Å². The average molecular weight is 244 g/mol. The molecule has 0 saturated carbocycles. The van der Waals surface area contributed by atoms with Crippen molar-refractivity contribution in [2.75, 3.05) is 20.2 Å². The lowest BCUT2D eigenvalue weighted by Crippen LogP contribution is -2.42. The average Bonchev–Trinajstić information content (AvgIpc) is 2.51. The number of aliphatic hydroxyl groups is 1. The van der Waals surface area contributed by atoms with Gasteiger partial charge in [-0.25, -0.2) is 0 Å². The maximum Gasteiger partial charge on any atom is 0.246 e. The van der Waals surface area contributed by atoms with Crippen LogP contribution in [-0.4, -0.2) is 60.3 Å². The number of imide groups is 1. The zero-order chi connectivity index (χ0) is 13.0. The van der Waals surface area contributed by atoms with Crippen molar-refractivity contribution in [1.82, 2.24) is 10.2 Å². The van der Waals surface area contributed by atoms with Crippen molar-refractivity contribution in [2.45, 2.75) is 38.5 Å². The van der Waals surface area contributed by atoms with Crippen molar-refractivity contribution in [2.24, 2.45) is 0 Å². The van der Waals surface area contributed by atoms with Crippen LogP contribution in [0, 0.1) is 0 Å². The molecular weight excluding hydrogens is 224 g/mol. The van der Waals surface area contributed by atoms with Gasteiger partial charge < -0.3 is 15.2 Å². The number of hydrogen-bond acceptors (Lipinski definition) is 5. The monoisotopic (exact) mass is 244 g/mol. The lowest BCUT2D eigenvalue weighted by Gasteiger charge is -2.16. The molecule has 1 aliphatic rings. The summed E-state index contributed by atoms with van der Waals surface area (Å²) in [6, 6.07) is -0.513. The molecule has 2 N–H and O–H groups in total. The molecule has 1 heterocycles. The van der Waals surface area contributed by atoms with Crippen LogP contribution in [0.2, 0.25) is 0 Å². The Bertz CT molecular complexity index is 293. The molecular formula is C11H20N2O4. The van der Waals surface area contributed by atoms with Crippen molar-refractivity contribution in [1.29, 1.82) is 0 Å². The molecule has 2 amide bonds. The Kier molecular flexibility index (Phi) is 5.04. The summed E-state index contributed by atoms with van der Waals surface area (Å²) in [6.45, 7) is 4.22. The topological polar surface area (TPSA) is 78.9 Å². The van der Waals surface area contributed by atoms with Crippen LogP contribution < -0.4 is 5.32 Å². The fraction of sp³-hybridized carbons (Fsp3) is 0.818. The zero-order valence-corrected chi connectivity index (χ0v) is 10.5. The van der Waals surface area contributed by atoms with E-state index in [1.54, 1.807) is 0 Å². The van der Waals surface area contributed by atoms with Gasteiger partial charge >= 0.3 is 0 Å². The molecule has 1 rings (SSSR count). The number of ether oxygens (including phenoxy) is 1. The Morgan fingerprint density at radius 2 is 2.18 bits per heavy atom. The molecule has 2 atom stereocenters. The van der Waals surface area contributed by atoms with E-state index in [2.05, 4.69) is 5.32 Å². The summed E-state index contributed by atoms with van der Waals surface area (Å²) in [5.74, 6) is -0.438. The summed E-state index contributed by atoms with van der Waals surface area (Å²) in [6.07, 6.45) is -0.454. The molecule has 2 unspecified atom stereocenters. The first kappa shape index (κ1) is 14.1. The van der Waals surface area contributed by atoms with Gasteiger partial charge in [-0.3, -0.25) is 14.5 Å². The van der Waals surface area contributed by atoms with E-state index in [1.165, 1.54) is 7.05 Å². The summed E-state index contributed by atoms with van der Waals surface area (Å²) in [7, 11) is 1.46. The van der Waals surface area contributed by atoms with Crippen LogP contribution >= 0.6 is 0 Å². The Labute approximate surface area is 101 Å². The number of rotatable bonds is 6. The van der Waals surface area contributed by atoms with Crippen LogP contribution in [0.4, 0.5) is 0 Å². The summed E-state index contributed by atoms with van der Waals surface area (Å²) in [4.78, 5) is 23.9. The first-order valence-electron chi connectivity index (χ1n) is 5.75. The van der Waals surface area contributed by atoms with Crippen molar-refractivity contribution < 1.29 is 19.4 Å². The van der Waals surface area contributed by atoms with E-state index >= 15 is 0 Å². The van der Waals surface area contributed by atoms with Gasteiger partial charge in [0.2, 0.25) is 11.8 Å². The van der Waals surface area contributed by atoms with Crippen LogP contribution in [0.15, 0.2) is 0 Å². The second-order valence-electron chi connectivity index (χ2n) is 4.49. The minimum Gasteiger partial charge on any atom is -0.389 e. The molecule has 1 fully saturated rings. The first-order valence-corrected chi connectivity index (χ1v) is 5.75. The molecule has 0 aromatic rings. The highest BCUT2D eigenvalue weighted by atomic mass is 16.5. The molecule has 0 aliphatic carbocycles. The molecule has 0 aromatic carbocycles. The third-order valence-electron chi connectivity index (χ3n) is 2.60. The maximum absolute atomic E-state index is 11.5. The number of hydrogen-bond donors (Lipinski definition) is 2. The Morgan fingerprint density at radius 3 is 2.65 bits per heavy atom. The minimum atomic E-state index is -0.675. The smallest absolute Gasteiger partial charge is 0.246 e. The number of amides is 2. The van der Waals surface area contributed by atoms with Crippen molar-refractivity contribution in [3.05, 3.63) is 0 Å². The van der Waals surface area contributed by atoms with Crippen LogP contribution in [-0.2, 0) is 14.3 Å². The normalized spacial score (nSPS) is 22.6. The Hall–Kier alpha value is -0.980. The van der Waals surface area contributed by atoms with Crippen LogP contribution in [0.5, 0.6) is 0 Å². The number of likely N-dealkylation sites (tertiary alicyclic amines) is 1. The second-order valence-corrected chi connectivity index (χ2v) is 4.49. The molecule has 0 spiro atoms. The first-order chi connectivity index (χ1) is 7.91. The predicted molar refractivity (Wildman–Crippen MR) is 61.3 cm³/mol. The lowest BCUT2D eigenvalue weighted by molar-refractivity contribution is -0.137. The Morgan fingerprint density at radius 1 is 1.53 bits per heavy atom. The number of nitrogens with one attached hydrogen (secondary N) is 1. The quantitative estimate of drug-likeness (QED) is 0.593. The number of carbonyl (C=O) groups is 2. The van der Waals surface area contributed by atoms with Gasteiger partial charge in [0.1, 0.15) is 0 Å². The van der Waals surface area contributed by atoms with Gasteiger partial charge in [0.05, 0.1) is 31.3 Å². The summed E-state index contributed by atoms with van der Waals surface area (Å²) in [5.41, 5.74) is 0. The molecule has 0 radical (unpaired) electrons. The van der Waals surface area contributed by atoms with Crippen LogP contribution in [0.1, 0.15) is 20.3 Å². The van der Waals surface area contributed by atoms with E-state index in [-0.39, 0.29) is 37.5 Å². The molecule has 17 heavy (non-hydrogen) atoms. The number of likely N-dealkylation sites (N-methyl/N-ethyl adjacent to an activating group) is 1. The third kappa shape index (κ3) is 4.07. The van der Waals surface area contributed by atoms with Crippen molar-refractivity contribution in [3.8, 4) is 0 Å². The van der Waals surface area contributed by atoms with Crippen LogP contribution in [0.25, 0.3) is 0 Å². The van der Waals surface area contributed by atoms with Gasteiger partial charge in [0.15, 0.2) is 0 Å². The van der Waals surface area contributed by atoms with E-state index in [1.807, 2.05) is 13.8 Å². The molecule has 0 aromatic heterocycles. The van der Waals surface area contributed by atoms with Crippen molar-refractivity contribution >= 4 is 11.8 Å². The molecule has 1 saturated heterocycles. The highest BCUT2D eigenvalue weighted by Gasteiger charge is 2.35. The largest absolute Gasteiger partial charge is 0.389 e. The standard InChI is InChI=1S/C11H20N2O4/c1-7(2)17-6-8(14)5-12-9-4-10(15)13(3)11(9)16/h7-9,12,14H,4-6H2,1-3H3. The fourth-order valence-electron chi connectivity index (χ4n) is 1.56. The summed E-state index contributed by atoms with van der Waals surface area (Å²) >= 11 is 0. The zero-order valence-electron chi connectivity index (χ0n) is 10.5. The Balaban J connectivity index is 2.27. The fourth-order valence-corrected chi connectivity index (χ4v) is 1.56. The minimum absolute atomic E-state index is 0.0606. The van der Waals surface area contributed by atoms with Gasteiger partial charge in [-0.1, -0.05) is 0 Å². The van der Waals surface area contributed by atoms with E-state index in [0.717, 1.165) is 4.90 Å². The highest BCUT2D eigenvalue weighted by Crippen LogP contribution is 2.10. The van der Waals surface area contributed by atoms with Crippen molar-refractivity contribution in [3.63, 3.8) is 0 Å². The van der Waals surface area contributed by atoms with Gasteiger partial charge in [0.25, 0.3) is 0 Å². The van der Waals surface area contributed by atoms with Gasteiger partial charge in [-0.05, 0) is 13.8 Å². The third-order valence-corrected chi connectivity index (χ3v) is 2.60. The predicted octanol–water partition coefficient (Wildman–Crippen LogP) is -0.881. The number of aliphatic hydroxyl groups excluding tert-OH is 1. The SMILES string of the molecule is CC(C)OCC(O)CNC1CC(=O)N(C)C1=O. The van der Waals surface area contributed by atoms with Gasteiger partial charge in [0, 0.05) is 13.6 Å². The van der Waals surface area contributed by atoms with Gasteiger partial charge in [-0.15, -0.1) is 0 Å². The highest BCUT2D eigenvalue weighted by molar-refractivity contribution is 6.05. The molecule has 6 nitrogen and oxygen atoms in total. The molecule has 0 bridgehead atoms. The second kappa shape index (κ2) is 6.09. The van der Waals surface area contributed by atoms with E-state index in [4.69, 9.17) is 4.74 Å². The van der Waals surface area contributed by atoms with E-state index in [9.17, 15) is 14.7 Å². The summed E-state index contributed by atoms with van der Waals surface area (Å²) < 4.78 is 5.24. The molecule has 6 heteroatoms. The maximum atomic E-state index is 11.5. The lowest BCUT2D eigenvalue weighted by atomic mass is 10.2. The van der Waals surface area contributed by atoms with E-state index < -0.39 is 12.1 Å². The summed E-state index contributed by atoms with van der Waals surface area (Å²) in [5, 5.41) is 12.5. The van der Waals surface area contributed by atoms with Crippen LogP contribution in [0.3, 0.4) is 0 Å².